The van der Waals surface area contributed by atoms with E-state index in [1.165, 1.54) is 0 Å². The summed E-state index contributed by atoms with van der Waals surface area (Å²) in [6, 6.07) is 1.40. The first-order valence-corrected chi connectivity index (χ1v) is 3.79. The van der Waals surface area contributed by atoms with Crippen molar-refractivity contribution in [2.75, 3.05) is 0 Å². The van der Waals surface area contributed by atoms with Gasteiger partial charge in [-0.25, -0.2) is 18.0 Å². The van der Waals surface area contributed by atoms with E-state index < -0.39 is 23.2 Å². The second-order valence-corrected chi connectivity index (χ2v) is 2.70. The Morgan fingerprint density at radius 2 is 1.80 bits per heavy atom. The fourth-order valence-electron chi connectivity index (χ4n) is 1.05. The maximum Gasteiger partial charge on any atom is 0.439 e. The number of hydrogen-bond acceptors (Lipinski definition) is 3. The van der Waals surface area contributed by atoms with Crippen molar-refractivity contribution in [2.24, 2.45) is 0 Å². The van der Waals surface area contributed by atoms with E-state index in [-0.39, 0.29) is 11.4 Å². The second kappa shape index (κ2) is 3.26. The summed E-state index contributed by atoms with van der Waals surface area (Å²) in [6.45, 7) is 0. The fraction of sp³-hybridized carbons (Fsp3) is 0. The molecule has 1 N–H and O–H groups in total. The molecule has 0 radical (unpaired) electrons. The molecule has 2 aromatic rings. The smallest absolute Gasteiger partial charge is 0.296 e. The molecular formula is C8H3F3N2O2. The summed E-state index contributed by atoms with van der Waals surface area (Å²) in [7, 11) is 0. The minimum atomic E-state index is -1.58. The topological polar surface area (TPSA) is 58.9 Å². The van der Waals surface area contributed by atoms with Crippen molar-refractivity contribution in [3.8, 4) is 11.4 Å². The number of rotatable bonds is 1. The molecule has 0 atom stereocenters. The third kappa shape index (κ3) is 1.63. The highest BCUT2D eigenvalue weighted by molar-refractivity contribution is 5.54. The van der Waals surface area contributed by atoms with Gasteiger partial charge in [-0.15, -0.1) is 0 Å². The highest BCUT2D eigenvalue weighted by Gasteiger charge is 2.13. The van der Waals surface area contributed by atoms with E-state index >= 15 is 0 Å². The summed E-state index contributed by atoms with van der Waals surface area (Å²) < 4.78 is 42.2. The van der Waals surface area contributed by atoms with Gasteiger partial charge in [0, 0.05) is 5.56 Å². The molecule has 15 heavy (non-hydrogen) atoms. The minimum absolute atomic E-state index is 0.114. The van der Waals surface area contributed by atoms with Gasteiger partial charge in [0.1, 0.15) is 0 Å². The Labute approximate surface area is 80.3 Å². The SMILES string of the molecule is O=c1[nH]c(-c2cc(F)c(F)c(F)c2)no1. The molecule has 0 saturated carbocycles. The fourth-order valence-corrected chi connectivity index (χ4v) is 1.05. The van der Waals surface area contributed by atoms with Crippen molar-refractivity contribution < 1.29 is 17.7 Å². The lowest BCUT2D eigenvalue weighted by atomic mass is 10.2. The summed E-state index contributed by atoms with van der Waals surface area (Å²) in [6.07, 6.45) is 0. The van der Waals surface area contributed by atoms with E-state index in [0.29, 0.717) is 12.1 Å². The van der Waals surface area contributed by atoms with Gasteiger partial charge in [-0.1, -0.05) is 5.16 Å². The van der Waals surface area contributed by atoms with Crippen LogP contribution in [-0.2, 0) is 0 Å². The maximum atomic E-state index is 12.8. The molecule has 2 rings (SSSR count). The number of hydrogen-bond donors (Lipinski definition) is 1. The first kappa shape index (κ1) is 9.50. The van der Waals surface area contributed by atoms with Gasteiger partial charge in [0.2, 0.25) is 0 Å². The number of nitrogens with one attached hydrogen (secondary N) is 1. The van der Waals surface area contributed by atoms with Gasteiger partial charge < -0.3 is 0 Å². The van der Waals surface area contributed by atoms with Gasteiger partial charge in [-0.2, -0.15) is 0 Å². The van der Waals surface area contributed by atoms with Crippen molar-refractivity contribution in [1.82, 2.24) is 10.1 Å². The third-order valence-electron chi connectivity index (χ3n) is 1.70. The predicted octanol–water partition coefficient (Wildman–Crippen LogP) is 1.45. The van der Waals surface area contributed by atoms with Gasteiger partial charge in [0.15, 0.2) is 23.3 Å². The third-order valence-corrected chi connectivity index (χ3v) is 1.70. The Balaban J connectivity index is 2.59. The molecule has 1 aromatic heterocycles. The molecule has 0 aliphatic heterocycles. The van der Waals surface area contributed by atoms with Gasteiger partial charge in [0.25, 0.3) is 0 Å². The monoisotopic (exact) mass is 216 g/mol. The molecule has 0 aliphatic carbocycles. The quantitative estimate of drug-likeness (QED) is 0.734. The van der Waals surface area contributed by atoms with Gasteiger partial charge in [-0.3, -0.25) is 9.51 Å². The summed E-state index contributed by atoms with van der Waals surface area (Å²) in [4.78, 5) is 12.6. The van der Waals surface area contributed by atoms with Gasteiger partial charge in [-0.05, 0) is 12.1 Å². The van der Waals surface area contributed by atoms with E-state index in [1.54, 1.807) is 0 Å². The number of aromatic nitrogens is 2. The van der Waals surface area contributed by atoms with Crippen LogP contribution in [0.25, 0.3) is 11.4 Å². The zero-order valence-electron chi connectivity index (χ0n) is 7.05. The first-order valence-electron chi connectivity index (χ1n) is 3.79. The van der Waals surface area contributed by atoms with Crippen LogP contribution in [0.5, 0.6) is 0 Å². The Kier molecular flexibility index (Phi) is 2.07. The zero-order valence-corrected chi connectivity index (χ0v) is 7.05. The van der Waals surface area contributed by atoms with Crippen molar-refractivity contribution in [2.45, 2.75) is 0 Å². The Hall–Kier alpha value is -2.05. The molecule has 0 saturated heterocycles. The predicted molar refractivity (Wildman–Crippen MR) is 42.4 cm³/mol. The van der Waals surface area contributed by atoms with Crippen LogP contribution < -0.4 is 5.76 Å². The molecule has 0 aliphatic rings. The number of nitrogens with zero attached hydrogens (tertiary/aromatic N) is 1. The summed E-state index contributed by atoms with van der Waals surface area (Å²) in [5.74, 6) is -5.35. The van der Waals surface area contributed by atoms with Crippen molar-refractivity contribution in [3.63, 3.8) is 0 Å². The maximum absolute atomic E-state index is 12.8. The average molecular weight is 216 g/mol. The van der Waals surface area contributed by atoms with Gasteiger partial charge >= 0.3 is 5.76 Å². The molecule has 0 fully saturated rings. The van der Waals surface area contributed by atoms with Crippen LogP contribution >= 0.6 is 0 Å². The number of H-pyrrole nitrogens is 1. The summed E-state index contributed by atoms with van der Waals surface area (Å²) in [5, 5.41) is 3.20. The van der Waals surface area contributed by atoms with E-state index in [2.05, 4.69) is 14.7 Å². The Morgan fingerprint density at radius 1 is 1.20 bits per heavy atom. The van der Waals surface area contributed by atoms with Crippen molar-refractivity contribution in [3.05, 3.63) is 40.1 Å². The molecule has 78 valence electrons. The first-order chi connectivity index (χ1) is 7.08. The van der Waals surface area contributed by atoms with Gasteiger partial charge in [0.05, 0.1) is 0 Å². The van der Waals surface area contributed by atoms with Crippen LogP contribution in [-0.4, -0.2) is 10.1 Å². The zero-order chi connectivity index (χ0) is 11.0. The largest absolute Gasteiger partial charge is 0.439 e. The van der Waals surface area contributed by atoms with Crippen LogP contribution in [0.4, 0.5) is 13.2 Å². The van der Waals surface area contributed by atoms with Crippen LogP contribution in [0.3, 0.4) is 0 Å². The lowest BCUT2D eigenvalue weighted by Crippen LogP contribution is -1.96. The average Bonchev–Trinajstić information content (AvgIpc) is 2.60. The molecule has 1 aromatic carbocycles. The lowest BCUT2D eigenvalue weighted by Gasteiger charge is -1.98. The van der Waals surface area contributed by atoms with E-state index in [9.17, 15) is 18.0 Å². The molecule has 0 unspecified atom stereocenters. The molecule has 0 spiro atoms. The molecule has 1 heterocycles. The standard InChI is InChI=1S/C8H3F3N2O2/c9-4-1-3(2-5(10)6(4)11)7-12-8(14)15-13-7/h1-2H,(H,12,13,14). The molecular weight excluding hydrogens is 213 g/mol. The molecule has 4 nitrogen and oxygen atoms in total. The molecule has 7 heteroatoms. The highest BCUT2D eigenvalue weighted by atomic mass is 19.2. The minimum Gasteiger partial charge on any atom is -0.296 e. The Bertz CT molecular complexity index is 538. The van der Waals surface area contributed by atoms with E-state index in [0.717, 1.165) is 0 Å². The highest BCUT2D eigenvalue weighted by Crippen LogP contribution is 2.19. The number of halogens is 3. The number of aromatic amines is 1. The van der Waals surface area contributed by atoms with Crippen LogP contribution in [0.15, 0.2) is 21.5 Å². The normalized spacial score (nSPS) is 10.6. The Morgan fingerprint density at radius 3 is 2.27 bits per heavy atom. The van der Waals surface area contributed by atoms with Crippen LogP contribution in [0.2, 0.25) is 0 Å². The molecule has 0 bridgehead atoms. The van der Waals surface area contributed by atoms with Crippen molar-refractivity contribution in [1.29, 1.82) is 0 Å². The lowest BCUT2D eigenvalue weighted by molar-refractivity contribution is 0.387. The molecule has 0 amide bonds. The second-order valence-electron chi connectivity index (χ2n) is 2.70. The summed E-state index contributed by atoms with van der Waals surface area (Å²) >= 11 is 0. The summed E-state index contributed by atoms with van der Waals surface area (Å²) in [5.41, 5.74) is -0.114. The van der Waals surface area contributed by atoms with Crippen LogP contribution in [0, 0.1) is 17.5 Å². The van der Waals surface area contributed by atoms with Crippen molar-refractivity contribution >= 4 is 0 Å². The van der Waals surface area contributed by atoms with E-state index in [1.807, 2.05) is 0 Å². The van der Waals surface area contributed by atoms with E-state index in [4.69, 9.17) is 0 Å². The van der Waals surface area contributed by atoms with Crippen LogP contribution in [0.1, 0.15) is 0 Å². The number of benzene rings is 1.